The quantitative estimate of drug-likeness (QED) is 0.167. The highest BCUT2D eigenvalue weighted by molar-refractivity contribution is 6.11. The Bertz CT molecular complexity index is 3950. The van der Waals surface area contributed by atoms with E-state index in [2.05, 4.69) is 250 Å². The zero-order valence-electron chi connectivity index (χ0n) is 40.7. The normalized spacial score (nSPS) is 14.9. The zero-order valence-corrected chi connectivity index (χ0v) is 40.7. The van der Waals surface area contributed by atoms with Crippen molar-refractivity contribution in [2.75, 3.05) is 0 Å². The number of benzene rings is 9. The molecule has 4 nitrogen and oxygen atoms in total. The van der Waals surface area contributed by atoms with E-state index in [-0.39, 0.29) is 11.3 Å². The molecule has 0 saturated carbocycles. The second kappa shape index (κ2) is 17.6. The second-order valence-corrected chi connectivity index (χ2v) is 20.1. The topological polar surface area (TPSA) is 43.6 Å². The first-order chi connectivity index (χ1) is 35.4. The van der Waals surface area contributed by atoms with Gasteiger partial charge in [0.05, 0.1) is 11.0 Å². The average Bonchev–Trinajstić information content (AvgIpc) is 3.77. The molecule has 0 spiro atoms. The van der Waals surface area contributed by atoms with Gasteiger partial charge in [-0.05, 0) is 127 Å². The summed E-state index contributed by atoms with van der Waals surface area (Å²) in [6, 6.07) is 79.4. The van der Waals surface area contributed by atoms with Crippen molar-refractivity contribution >= 4 is 33.0 Å². The van der Waals surface area contributed by atoms with Crippen molar-refractivity contribution in [3.63, 3.8) is 0 Å². The summed E-state index contributed by atoms with van der Waals surface area (Å²) >= 11 is 0. The molecule has 0 bridgehead atoms. The van der Waals surface area contributed by atoms with Gasteiger partial charge in [0.1, 0.15) is 0 Å². The van der Waals surface area contributed by atoms with Gasteiger partial charge in [-0.2, -0.15) is 0 Å². The number of hydrogen-bond donors (Lipinski definition) is 0. The van der Waals surface area contributed by atoms with E-state index in [4.69, 9.17) is 15.0 Å². The van der Waals surface area contributed by atoms with Gasteiger partial charge in [-0.25, -0.2) is 15.0 Å². The maximum Gasteiger partial charge on any atom is 0.164 e. The van der Waals surface area contributed by atoms with Crippen LogP contribution in [0.1, 0.15) is 49.7 Å². The Labute approximate surface area is 421 Å². The number of hydrogen-bond acceptors (Lipinski definition) is 3. The molecule has 344 valence electrons. The summed E-state index contributed by atoms with van der Waals surface area (Å²) in [5.41, 5.74) is 20.8. The molecule has 0 saturated heterocycles. The fourth-order valence-corrected chi connectivity index (χ4v) is 11.6. The molecule has 0 amide bonds. The number of aromatic nitrogens is 4. The monoisotopic (exact) mass is 924 g/mol. The number of nitrogens with zero attached hydrogens (tertiary/aromatic N) is 4. The number of rotatable bonds is 6. The molecule has 1 unspecified atom stereocenters. The fourth-order valence-electron chi connectivity index (χ4n) is 11.6. The molecule has 1 atom stereocenters. The highest BCUT2D eigenvalue weighted by Gasteiger charge is 2.31. The van der Waals surface area contributed by atoms with E-state index in [1.165, 1.54) is 60.8 Å². The van der Waals surface area contributed by atoms with E-state index in [1.807, 2.05) is 6.07 Å². The van der Waals surface area contributed by atoms with Crippen LogP contribution in [0.4, 0.5) is 0 Å². The molecule has 0 N–H and O–H groups in total. The first kappa shape index (κ1) is 43.3. The van der Waals surface area contributed by atoms with Crippen LogP contribution >= 0.6 is 0 Å². The van der Waals surface area contributed by atoms with E-state index in [0.29, 0.717) is 17.5 Å². The van der Waals surface area contributed by atoms with Crippen molar-refractivity contribution in [2.24, 2.45) is 5.92 Å². The molecule has 2 aromatic heterocycles. The Morgan fingerprint density at radius 2 is 1.04 bits per heavy atom. The van der Waals surface area contributed by atoms with Crippen LogP contribution in [0.15, 0.2) is 231 Å². The van der Waals surface area contributed by atoms with Gasteiger partial charge < -0.3 is 4.57 Å². The predicted octanol–water partition coefficient (Wildman–Crippen LogP) is 17.3. The van der Waals surface area contributed by atoms with Crippen molar-refractivity contribution in [1.29, 1.82) is 0 Å². The molecule has 0 fully saturated rings. The third kappa shape index (κ3) is 7.50. The summed E-state index contributed by atoms with van der Waals surface area (Å²) in [4.78, 5) is 16.3. The molecule has 2 heterocycles. The zero-order chi connectivity index (χ0) is 48.3. The molecular formula is C68H52N4. The first-order valence-electron chi connectivity index (χ1n) is 25.2. The number of para-hydroxylation sites is 2. The van der Waals surface area contributed by atoms with Crippen LogP contribution in [-0.4, -0.2) is 19.5 Å². The molecule has 9 aromatic carbocycles. The average molecular weight is 925 g/mol. The number of fused-ring (bicyclic) bond motifs is 10. The third-order valence-electron chi connectivity index (χ3n) is 15.1. The lowest BCUT2D eigenvalue weighted by molar-refractivity contribution is 0.524. The van der Waals surface area contributed by atoms with Crippen LogP contribution in [0.2, 0.25) is 0 Å². The van der Waals surface area contributed by atoms with Crippen molar-refractivity contribution in [3.8, 4) is 73.0 Å². The Hall–Kier alpha value is -8.73. The van der Waals surface area contributed by atoms with Crippen molar-refractivity contribution in [1.82, 2.24) is 19.5 Å². The fraction of sp³-hybridized carbons (Fsp3) is 0.103. The van der Waals surface area contributed by atoms with E-state index < -0.39 is 0 Å². The Balaban J connectivity index is 1.08. The Kier molecular flexibility index (Phi) is 10.6. The summed E-state index contributed by atoms with van der Waals surface area (Å²) in [6.45, 7) is 7.09. The smallest absolute Gasteiger partial charge is 0.164 e. The maximum absolute atomic E-state index is 5.54. The highest BCUT2D eigenvalue weighted by Crippen LogP contribution is 2.50. The van der Waals surface area contributed by atoms with Crippen LogP contribution in [-0.2, 0) is 11.8 Å². The van der Waals surface area contributed by atoms with Gasteiger partial charge in [-0.1, -0.05) is 215 Å². The molecule has 11 aromatic rings. The van der Waals surface area contributed by atoms with Crippen LogP contribution in [0.25, 0.3) is 106 Å². The van der Waals surface area contributed by atoms with Gasteiger partial charge in [0.25, 0.3) is 0 Å². The minimum absolute atomic E-state index is 0.192. The minimum Gasteiger partial charge on any atom is -0.309 e. The molecule has 0 aliphatic heterocycles. The molecule has 72 heavy (non-hydrogen) atoms. The largest absolute Gasteiger partial charge is 0.309 e. The van der Waals surface area contributed by atoms with Gasteiger partial charge in [-0.3, -0.25) is 0 Å². The summed E-state index contributed by atoms with van der Waals surface area (Å²) in [5.74, 6) is 2.28. The lowest BCUT2D eigenvalue weighted by Gasteiger charge is -2.32. The van der Waals surface area contributed by atoms with Gasteiger partial charge in [0, 0.05) is 33.2 Å². The van der Waals surface area contributed by atoms with Gasteiger partial charge in [0.2, 0.25) is 0 Å². The third-order valence-corrected chi connectivity index (χ3v) is 15.1. The van der Waals surface area contributed by atoms with Crippen LogP contribution in [0.3, 0.4) is 0 Å². The van der Waals surface area contributed by atoms with E-state index >= 15 is 0 Å². The Morgan fingerprint density at radius 3 is 1.85 bits per heavy atom. The van der Waals surface area contributed by atoms with Crippen molar-refractivity contribution in [3.05, 3.63) is 253 Å². The lowest BCUT2D eigenvalue weighted by atomic mass is 9.72. The van der Waals surface area contributed by atoms with Gasteiger partial charge >= 0.3 is 0 Å². The molecule has 13 rings (SSSR count). The predicted molar refractivity (Wildman–Crippen MR) is 300 cm³/mol. The number of allylic oxidation sites excluding steroid dienone is 4. The van der Waals surface area contributed by atoms with Crippen LogP contribution < -0.4 is 0 Å². The van der Waals surface area contributed by atoms with Crippen LogP contribution in [0.5, 0.6) is 0 Å². The minimum atomic E-state index is -0.192. The van der Waals surface area contributed by atoms with E-state index in [1.54, 1.807) is 0 Å². The molecule has 0 radical (unpaired) electrons. The van der Waals surface area contributed by atoms with Gasteiger partial charge in [0.15, 0.2) is 17.5 Å². The standard InChI is InChI=1S/C68H52N4/c1-44-40-49(35-37-52(44)45-20-7-4-8-21-45)66-69-65(46-22-9-5-10-23-46)70-67(71-66)58-31-19-30-57-55-28-15-17-32-61(55)68(2,3)43-50-24-13-14-27-53(50)54-38-34-47(42-60(54)64(57)58)48-36-39-63-59(41-48)56-29-16-18-33-62(56)72(63)51-25-11-6-12-26-51/h4-39,41-42,44H,40,43H2,1-3H3. The van der Waals surface area contributed by atoms with E-state index in [0.717, 1.165) is 63.0 Å². The summed E-state index contributed by atoms with van der Waals surface area (Å²) < 4.78 is 2.38. The molecule has 2 aliphatic rings. The summed E-state index contributed by atoms with van der Waals surface area (Å²) in [7, 11) is 0. The maximum atomic E-state index is 5.54. The lowest BCUT2D eigenvalue weighted by Crippen LogP contribution is -2.22. The summed E-state index contributed by atoms with van der Waals surface area (Å²) in [6.07, 6.45) is 6.18. The summed E-state index contributed by atoms with van der Waals surface area (Å²) in [5, 5.41) is 2.45. The van der Waals surface area contributed by atoms with Gasteiger partial charge in [-0.15, -0.1) is 0 Å². The highest BCUT2D eigenvalue weighted by atomic mass is 15.0. The first-order valence-corrected chi connectivity index (χ1v) is 25.2. The van der Waals surface area contributed by atoms with Crippen LogP contribution in [0, 0.1) is 5.92 Å². The van der Waals surface area contributed by atoms with Crippen molar-refractivity contribution < 1.29 is 0 Å². The SMILES string of the molecule is CC1CC(c2nc(-c3ccccc3)nc(-c3cccc4c3-c3cc(-c5ccc6c(c5)c5ccccc5n6-c5ccccc5)ccc3-c3ccccc3CC(C)(C)c3ccccc3-4)n2)=CC=C1c1ccccc1. The second-order valence-electron chi connectivity index (χ2n) is 20.1. The molecular weight excluding hydrogens is 873 g/mol. The molecule has 4 heteroatoms. The molecule has 2 aliphatic carbocycles. The van der Waals surface area contributed by atoms with Crippen molar-refractivity contribution in [2.45, 2.75) is 39.0 Å². The Morgan fingerprint density at radius 1 is 0.431 bits per heavy atom. The van der Waals surface area contributed by atoms with E-state index in [9.17, 15) is 0 Å².